The fourth-order valence-electron chi connectivity index (χ4n) is 1.69. The zero-order valence-electron chi connectivity index (χ0n) is 13.5. The van der Waals surface area contributed by atoms with Crippen molar-refractivity contribution < 1.29 is 17.9 Å². The summed E-state index contributed by atoms with van der Waals surface area (Å²) in [6, 6.07) is 6.40. The topological polar surface area (TPSA) is 63.7 Å². The lowest BCUT2D eigenvalue weighted by molar-refractivity contribution is 0.0378. The summed E-state index contributed by atoms with van der Waals surface area (Å²) in [7, 11) is -3.99. The van der Waals surface area contributed by atoms with E-state index in [9.17, 15) is 13.2 Å². The Bertz CT molecular complexity index is 635. The Kier molecular flexibility index (Phi) is 6.03. The van der Waals surface area contributed by atoms with Crippen LogP contribution >= 0.6 is 15.9 Å². The Morgan fingerprint density at radius 2 is 1.82 bits per heavy atom. The van der Waals surface area contributed by atoms with Gasteiger partial charge in [-0.05, 0) is 54.8 Å². The zero-order valence-corrected chi connectivity index (χ0v) is 15.9. The molecule has 124 valence electrons. The second-order valence-corrected chi connectivity index (χ2v) is 9.03. The fraction of sp³-hybridized carbons (Fsp3) is 0.533. The van der Waals surface area contributed by atoms with Gasteiger partial charge in [0.05, 0.1) is 0 Å². The summed E-state index contributed by atoms with van der Waals surface area (Å²) in [5.41, 5.74) is -0.768. The molecule has 0 aliphatic rings. The molecule has 1 amide bonds. The highest BCUT2D eigenvalue weighted by Crippen LogP contribution is 2.26. The smallest absolute Gasteiger partial charge is 0.424 e. The number of hydrogen-bond donors (Lipinski definition) is 0. The third-order valence-electron chi connectivity index (χ3n) is 2.53. The molecule has 0 aromatic heterocycles. The molecule has 22 heavy (non-hydrogen) atoms. The summed E-state index contributed by atoms with van der Waals surface area (Å²) in [5.74, 6) is -0.0234. The second-order valence-electron chi connectivity index (χ2n) is 6.34. The quantitative estimate of drug-likeness (QED) is 0.776. The molecule has 1 aromatic rings. The molecule has 0 saturated carbocycles. The molecule has 0 bridgehead atoms. The van der Waals surface area contributed by atoms with Crippen LogP contribution in [-0.2, 0) is 14.8 Å². The second kappa shape index (κ2) is 7.00. The van der Waals surface area contributed by atoms with Crippen LogP contribution in [0, 0.1) is 5.92 Å². The van der Waals surface area contributed by atoms with Crippen LogP contribution in [0.3, 0.4) is 0 Å². The van der Waals surface area contributed by atoms with Crippen molar-refractivity contribution in [2.45, 2.75) is 45.1 Å². The number of benzene rings is 1. The summed E-state index contributed by atoms with van der Waals surface area (Å²) in [4.78, 5) is 12.4. The molecule has 0 spiro atoms. The van der Waals surface area contributed by atoms with Crippen LogP contribution in [0.15, 0.2) is 33.6 Å². The average molecular weight is 392 g/mol. The maximum Gasteiger partial charge on any atom is 0.424 e. The third kappa shape index (κ3) is 4.98. The maximum absolute atomic E-state index is 12.8. The van der Waals surface area contributed by atoms with E-state index < -0.39 is 21.7 Å². The van der Waals surface area contributed by atoms with Crippen LogP contribution in [-0.4, -0.2) is 31.0 Å². The van der Waals surface area contributed by atoms with Crippen LogP contribution in [0.4, 0.5) is 4.79 Å². The van der Waals surface area contributed by atoms with Gasteiger partial charge in [-0.15, -0.1) is 0 Å². The van der Waals surface area contributed by atoms with Crippen molar-refractivity contribution in [1.82, 2.24) is 4.31 Å². The molecule has 0 heterocycles. The lowest BCUT2D eigenvalue weighted by Crippen LogP contribution is -2.42. The van der Waals surface area contributed by atoms with E-state index in [2.05, 4.69) is 15.9 Å². The van der Waals surface area contributed by atoms with Crippen molar-refractivity contribution >= 4 is 32.0 Å². The van der Waals surface area contributed by atoms with E-state index in [1.165, 1.54) is 6.07 Å². The van der Waals surface area contributed by atoms with E-state index in [0.717, 1.165) is 4.31 Å². The molecular weight excluding hydrogens is 370 g/mol. The molecule has 1 aromatic carbocycles. The van der Waals surface area contributed by atoms with E-state index in [-0.39, 0.29) is 17.4 Å². The average Bonchev–Trinajstić information content (AvgIpc) is 2.33. The molecule has 0 unspecified atom stereocenters. The van der Waals surface area contributed by atoms with Crippen molar-refractivity contribution in [3.8, 4) is 0 Å². The minimum absolute atomic E-state index is 0.0234. The molecule has 0 atom stereocenters. The van der Waals surface area contributed by atoms with Crippen LogP contribution < -0.4 is 0 Å². The number of hydrogen-bond acceptors (Lipinski definition) is 4. The predicted molar refractivity (Wildman–Crippen MR) is 89.1 cm³/mol. The lowest BCUT2D eigenvalue weighted by Gasteiger charge is -2.28. The highest BCUT2D eigenvalue weighted by molar-refractivity contribution is 9.10. The van der Waals surface area contributed by atoms with Crippen LogP contribution in [0.1, 0.15) is 34.6 Å². The van der Waals surface area contributed by atoms with Gasteiger partial charge in [0.1, 0.15) is 10.5 Å². The molecule has 0 N–H and O–H groups in total. The molecule has 0 aliphatic heterocycles. The Labute approximate surface area is 140 Å². The molecule has 1 rings (SSSR count). The number of amides is 1. The van der Waals surface area contributed by atoms with E-state index in [4.69, 9.17) is 4.74 Å². The number of carbonyl (C=O) groups is 1. The first-order valence-corrected chi connectivity index (χ1v) is 9.18. The van der Waals surface area contributed by atoms with Crippen LogP contribution in [0.25, 0.3) is 0 Å². The standard InChI is InChI=1S/C15H22BrNO4S/c1-11(2)10-17(14(18)21-15(3,4)5)22(19,20)13-9-7-6-8-12(13)16/h6-9,11H,10H2,1-5H3. The minimum Gasteiger partial charge on any atom is -0.443 e. The van der Waals surface area contributed by atoms with Crippen LogP contribution in [0.5, 0.6) is 0 Å². The van der Waals surface area contributed by atoms with Crippen molar-refractivity contribution in [1.29, 1.82) is 0 Å². The summed E-state index contributed by atoms with van der Waals surface area (Å²) < 4.78 is 32.1. The first kappa shape index (κ1) is 19.0. The molecule has 0 saturated heterocycles. The van der Waals surface area contributed by atoms with E-state index in [1.807, 2.05) is 13.8 Å². The van der Waals surface area contributed by atoms with Gasteiger partial charge >= 0.3 is 6.09 Å². The maximum atomic E-state index is 12.8. The first-order chi connectivity index (χ1) is 9.95. The highest BCUT2D eigenvalue weighted by Gasteiger charge is 2.34. The molecule has 0 aliphatic carbocycles. The SMILES string of the molecule is CC(C)CN(C(=O)OC(C)(C)C)S(=O)(=O)c1ccccc1Br. The van der Waals surface area contributed by atoms with Gasteiger partial charge in [-0.1, -0.05) is 26.0 Å². The van der Waals surface area contributed by atoms with Gasteiger partial charge in [0.15, 0.2) is 0 Å². The largest absolute Gasteiger partial charge is 0.443 e. The van der Waals surface area contributed by atoms with Gasteiger partial charge < -0.3 is 4.74 Å². The molecule has 0 fully saturated rings. The highest BCUT2D eigenvalue weighted by atomic mass is 79.9. The van der Waals surface area contributed by atoms with Crippen molar-refractivity contribution in [2.75, 3.05) is 6.54 Å². The molecule has 5 nitrogen and oxygen atoms in total. The van der Waals surface area contributed by atoms with E-state index in [0.29, 0.717) is 4.47 Å². The Morgan fingerprint density at radius 1 is 1.27 bits per heavy atom. The number of carbonyl (C=O) groups excluding carboxylic acids is 1. The fourth-order valence-corrected chi connectivity index (χ4v) is 4.12. The van der Waals surface area contributed by atoms with Gasteiger partial charge in [-0.2, -0.15) is 0 Å². The Hall–Kier alpha value is -1.08. The molecular formula is C15H22BrNO4S. The number of halogens is 1. The third-order valence-corrected chi connectivity index (χ3v) is 5.28. The number of nitrogens with zero attached hydrogens (tertiary/aromatic N) is 1. The first-order valence-electron chi connectivity index (χ1n) is 6.95. The van der Waals surface area contributed by atoms with Gasteiger partial charge in [-0.25, -0.2) is 17.5 Å². The van der Waals surface area contributed by atoms with Gasteiger partial charge in [-0.3, -0.25) is 0 Å². The van der Waals surface area contributed by atoms with Crippen LogP contribution in [0.2, 0.25) is 0 Å². The normalized spacial score (nSPS) is 12.3. The number of rotatable bonds is 4. The van der Waals surface area contributed by atoms with Crippen molar-refractivity contribution in [3.63, 3.8) is 0 Å². The van der Waals surface area contributed by atoms with E-state index >= 15 is 0 Å². The molecule has 7 heteroatoms. The van der Waals surface area contributed by atoms with Gasteiger partial charge in [0.25, 0.3) is 10.0 Å². The lowest BCUT2D eigenvalue weighted by atomic mass is 10.2. The molecule has 0 radical (unpaired) electrons. The Morgan fingerprint density at radius 3 is 2.27 bits per heavy atom. The monoisotopic (exact) mass is 391 g/mol. The number of sulfonamides is 1. The summed E-state index contributed by atoms with van der Waals surface area (Å²) in [5, 5.41) is 0. The van der Waals surface area contributed by atoms with Crippen molar-refractivity contribution in [2.24, 2.45) is 5.92 Å². The summed E-state index contributed by atoms with van der Waals surface area (Å²) >= 11 is 3.22. The summed E-state index contributed by atoms with van der Waals surface area (Å²) in [6.45, 7) is 8.83. The minimum atomic E-state index is -3.99. The summed E-state index contributed by atoms with van der Waals surface area (Å²) in [6.07, 6.45) is -0.864. The zero-order chi connectivity index (χ0) is 17.1. The predicted octanol–water partition coefficient (Wildman–Crippen LogP) is 4.03. The van der Waals surface area contributed by atoms with Gasteiger partial charge in [0, 0.05) is 11.0 Å². The van der Waals surface area contributed by atoms with Crippen molar-refractivity contribution in [3.05, 3.63) is 28.7 Å². The van der Waals surface area contributed by atoms with E-state index in [1.54, 1.807) is 39.0 Å². The number of ether oxygens (including phenoxy) is 1. The van der Waals surface area contributed by atoms with Gasteiger partial charge in [0.2, 0.25) is 0 Å². The Balaban J connectivity index is 3.27.